The van der Waals surface area contributed by atoms with Crippen LogP contribution in [-0.4, -0.2) is 36.6 Å². The van der Waals surface area contributed by atoms with Gasteiger partial charge in [-0.25, -0.2) is 4.98 Å². The van der Waals surface area contributed by atoms with Gasteiger partial charge in [0.15, 0.2) is 0 Å². The Morgan fingerprint density at radius 3 is 2.77 bits per heavy atom. The molecule has 116 valence electrons. The van der Waals surface area contributed by atoms with Crippen LogP contribution in [0, 0.1) is 5.92 Å². The van der Waals surface area contributed by atoms with Crippen LogP contribution in [-0.2, 0) is 15.0 Å². The van der Waals surface area contributed by atoms with Crippen molar-refractivity contribution in [1.29, 1.82) is 0 Å². The first-order valence-electron chi connectivity index (χ1n) is 6.48. The maximum absolute atomic E-state index is 12.8. The summed E-state index contributed by atoms with van der Waals surface area (Å²) in [6, 6.07) is 7.02. The van der Waals surface area contributed by atoms with Crippen molar-refractivity contribution in [3.8, 4) is 0 Å². The van der Waals surface area contributed by atoms with E-state index in [1.54, 1.807) is 24.3 Å². The minimum atomic E-state index is -4.62. The lowest BCUT2D eigenvalue weighted by atomic mass is 10.1. The Kier molecular flexibility index (Phi) is 3.73. The minimum Gasteiger partial charge on any atom is -0.296 e. The van der Waals surface area contributed by atoms with E-state index in [2.05, 4.69) is 9.97 Å². The largest absolute Gasteiger partial charge is 0.302 e. The summed E-state index contributed by atoms with van der Waals surface area (Å²) in [5.74, 6) is -1.27. The smallest absolute Gasteiger partial charge is 0.296 e. The summed E-state index contributed by atoms with van der Waals surface area (Å²) in [5.41, 5.74) is 0.576. The zero-order valence-corrected chi connectivity index (χ0v) is 12.8. The number of anilines is 1. The highest BCUT2D eigenvalue weighted by Gasteiger charge is 2.35. The second kappa shape index (κ2) is 5.44. The van der Waals surface area contributed by atoms with E-state index in [1.165, 1.54) is 4.90 Å². The van der Waals surface area contributed by atoms with E-state index >= 15 is 0 Å². The van der Waals surface area contributed by atoms with Crippen LogP contribution in [0.5, 0.6) is 0 Å². The number of hydrogen-bond donors (Lipinski definition) is 0. The van der Waals surface area contributed by atoms with Crippen molar-refractivity contribution in [1.82, 2.24) is 9.97 Å². The van der Waals surface area contributed by atoms with E-state index in [1.807, 2.05) is 0 Å². The number of nitrogens with zero attached hydrogens (tertiary/aromatic N) is 3. The van der Waals surface area contributed by atoms with E-state index in [9.17, 15) is 17.1 Å². The van der Waals surface area contributed by atoms with Gasteiger partial charge in [-0.15, -0.1) is 3.89 Å². The molecule has 1 atom stereocenters. The number of halogens is 2. The van der Waals surface area contributed by atoms with Gasteiger partial charge in [-0.2, -0.15) is 13.4 Å². The van der Waals surface area contributed by atoms with Gasteiger partial charge < -0.3 is 0 Å². The molecule has 0 bridgehead atoms. The predicted molar refractivity (Wildman–Crippen MR) is 79.9 cm³/mol. The zero-order chi connectivity index (χ0) is 15.9. The zero-order valence-electron chi connectivity index (χ0n) is 11.2. The number of aromatic nitrogens is 2. The summed E-state index contributed by atoms with van der Waals surface area (Å²) in [7, 11) is -4.62. The fraction of sp³-hybridized carbons (Fsp3) is 0.308. The normalized spacial score (nSPS) is 19.1. The number of carbonyl (C=O) groups is 1. The Balaban J connectivity index is 1.99. The molecular formula is C13H11ClFN3O3S. The number of fused-ring (bicyclic) bond motifs is 1. The molecule has 22 heavy (non-hydrogen) atoms. The highest BCUT2D eigenvalue weighted by molar-refractivity contribution is 7.86. The van der Waals surface area contributed by atoms with Crippen molar-refractivity contribution < 1.29 is 17.1 Å². The van der Waals surface area contributed by atoms with Crippen LogP contribution in [0.15, 0.2) is 24.3 Å². The van der Waals surface area contributed by atoms with Crippen LogP contribution in [0.1, 0.15) is 6.42 Å². The molecule has 0 saturated carbocycles. The Morgan fingerprint density at radius 2 is 2.05 bits per heavy atom. The van der Waals surface area contributed by atoms with Gasteiger partial charge >= 0.3 is 10.2 Å². The molecule has 1 fully saturated rings. The quantitative estimate of drug-likeness (QED) is 0.628. The third kappa shape index (κ3) is 3.02. The van der Waals surface area contributed by atoms with Crippen molar-refractivity contribution in [3.63, 3.8) is 0 Å². The minimum absolute atomic E-state index is 0.0111. The Labute approximate surface area is 131 Å². The molecule has 2 heterocycles. The van der Waals surface area contributed by atoms with Gasteiger partial charge in [-0.1, -0.05) is 12.1 Å². The average Bonchev–Trinajstić information content (AvgIpc) is 2.76. The highest BCUT2D eigenvalue weighted by Crippen LogP contribution is 2.31. The highest BCUT2D eigenvalue weighted by atomic mass is 35.5. The summed E-state index contributed by atoms with van der Waals surface area (Å²) in [5, 5.41) is 0.618. The molecule has 1 aliphatic rings. The van der Waals surface area contributed by atoms with Gasteiger partial charge in [-0.05, 0) is 23.7 Å². The molecular weight excluding hydrogens is 333 g/mol. The SMILES string of the molecule is O=C1CC(CS(=O)(=O)F)CN1c1nc(Cl)nc2ccccc12. The Bertz CT molecular complexity index is 859. The number of hydrogen-bond acceptors (Lipinski definition) is 5. The molecule has 1 amide bonds. The third-order valence-electron chi connectivity index (χ3n) is 3.45. The molecule has 0 aliphatic carbocycles. The van der Waals surface area contributed by atoms with Gasteiger partial charge in [-0.3, -0.25) is 9.69 Å². The lowest BCUT2D eigenvalue weighted by Crippen LogP contribution is -2.26. The number of benzene rings is 1. The van der Waals surface area contributed by atoms with Gasteiger partial charge in [0.05, 0.1) is 11.3 Å². The first-order valence-corrected chi connectivity index (χ1v) is 8.41. The van der Waals surface area contributed by atoms with E-state index in [0.29, 0.717) is 16.7 Å². The number of carbonyl (C=O) groups excluding carboxylic acids is 1. The van der Waals surface area contributed by atoms with E-state index < -0.39 is 21.9 Å². The molecule has 1 aromatic heterocycles. The van der Waals surface area contributed by atoms with Crippen molar-refractivity contribution in [2.24, 2.45) is 5.92 Å². The van der Waals surface area contributed by atoms with Gasteiger partial charge in [0, 0.05) is 24.3 Å². The number of amides is 1. The second-order valence-electron chi connectivity index (χ2n) is 5.11. The molecule has 1 aromatic carbocycles. The molecule has 9 heteroatoms. The Hall–Kier alpha value is -1.80. The number of rotatable bonds is 3. The predicted octanol–water partition coefficient (Wildman–Crippen LogP) is 1.94. The van der Waals surface area contributed by atoms with E-state index in [-0.39, 0.29) is 24.2 Å². The molecule has 1 unspecified atom stereocenters. The summed E-state index contributed by atoms with van der Waals surface area (Å²) in [6.45, 7) is 0.0827. The van der Waals surface area contributed by atoms with Crippen LogP contribution >= 0.6 is 11.6 Å². The molecule has 0 radical (unpaired) electrons. The van der Waals surface area contributed by atoms with Crippen molar-refractivity contribution >= 4 is 44.5 Å². The second-order valence-corrected chi connectivity index (χ2v) is 6.86. The van der Waals surface area contributed by atoms with Gasteiger partial charge in [0.2, 0.25) is 11.2 Å². The molecule has 1 saturated heterocycles. The monoisotopic (exact) mass is 343 g/mol. The fourth-order valence-corrected chi connectivity index (χ4v) is 3.57. The first kappa shape index (κ1) is 15.1. The molecule has 1 aliphatic heterocycles. The first-order chi connectivity index (χ1) is 10.3. The summed E-state index contributed by atoms with van der Waals surface area (Å²) in [6.07, 6.45) is -0.0426. The maximum atomic E-state index is 12.8. The summed E-state index contributed by atoms with van der Waals surface area (Å²) >= 11 is 5.88. The van der Waals surface area contributed by atoms with Crippen molar-refractivity contribution in [3.05, 3.63) is 29.5 Å². The number of para-hydroxylation sites is 1. The maximum Gasteiger partial charge on any atom is 0.302 e. The fourth-order valence-electron chi connectivity index (χ4n) is 2.62. The molecule has 3 rings (SSSR count). The average molecular weight is 344 g/mol. The molecule has 0 N–H and O–H groups in total. The Morgan fingerprint density at radius 1 is 1.32 bits per heavy atom. The van der Waals surface area contributed by atoms with Crippen molar-refractivity contribution in [2.75, 3.05) is 17.2 Å². The molecule has 2 aromatic rings. The van der Waals surface area contributed by atoms with Crippen LogP contribution in [0.2, 0.25) is 5.28 Å². The van der Waals surface area contributed by atoms with Gasteiger partial charge in [0.1, 0.15) is 5.82 Å². The standard InChI is InChI=1S/C13H11ClFN3O3S/c14-13-16-10-4-2-1-3-9(10)12(17-13)18-6-8(5-11(18)19)7-22(15,20)21/h1-4,8H,5-7H2. The topological polar surface area (TPSA) is 80.2 Å². The lowest BCUT2D eigenvalue weighted by molar-refractivity contribution is -0.117. The van der Waals surface area contributed by atoms with Crippen LogP contribution in [0.3, 0.4) is 0 Å². The lowest BCUT2D eigenvalue weighted by Gasteiger charge is -2.17. The van der Waals surface area contributed by atoms with E-state index in [0.717, 1.165) is 0 Å². The van der Waals surface area contributed by atoms with E-state index in [4.69, 9.17) is 11.6 Å². The summed E-state index contributed by atoms with van der Waals surface area (Å²) < 4.78 is 34.3. The molecule has 6 nitrogen and oxygen atoms in total. The van der Waals surface area contributed by atoms with Gasteiger partial charge in [0.25, 0.3) is 0 Å². The van der Waals surface area contributed by atoms with Crippen molar-refractivity contribution in [2.45, 2.75) is 6.42 Å². The summed E-state index contributed by atoms with van der Waals surface area (Å²) in [4.78, 5) is 21.6. The third-order valence-corrected chi connectivity index (χ3v) is 4.49. The van der Waals surface area contributed by atoms with Crippen LogP contribution in [0.4, 0.5) is 9.70 Å². The molecule has 0 spiro atoms. The van der Waals surface area contributed by atoms with Crippen LogP contribution < -0.4 is 4.90 Å². The van der Waals surface area contributed by atoms with Crippen LogP contribution in [0.25, 0.3) is 10.9 Å².